The predicted octanol–water partition coefficient (Wildman–Crippen LogP) is 3.80. The maximum Gasteiger partial charge on any atom is 0.433 e. The van der Waals surface area contributed by atoms with Gasteiger partial charge in [0.2, 0.25) is 5.95 Å². The van der Waals surface area contributed by atoms with Gasteiger partial charge in [-0.05, 0) is 12.3 Å². The van der Waals surface area contributed by atoms with E-state index in [4.69, 9.17) is 0 Å². The summed E-state index contributed by atoms with van der Waals surface area (Å²) in [5.41, 5.74) is -0.915. The Morgan fingerprint density at radius 3 is 2.48 bits per heavy atom. The van der Waals surface area contributed by atoms with Crippen molar-refractivity contribution in [1.82, 2.24) is 9.97 Å². The summed E-state index contributed by atoms with van der Waals surface area (Å²) in [6.07, 6.45) is -2.72. The molecule has 0 aliphatic rings. The number of anilines is 2. The molecule has 1 N–H and O–H groups in total. The minimum atomic E-state index is -4.47. The standard InChI is InChI=1S/C14H23F3N4/c1-5-7-18-13-19-11(14(15,16)17)8-12(20-13)21(4)9-10(3)6-2/h8,10H,5-7,9H2,1-4H3,(H,18,19,20). The van der Waals surface area contributed by atoms with Crippen LogP contribution in [0.4, 0.5) is 24.9 Å². The van der Waals surface area contributed by atoms with Crippen molar-refractivity contribution in [2.75, 3.05) is 30.4 Å². The Balaban J connectivity index is 3.06. The van der Waals surface area contributed by atoms with Crippen molar-refractivity contribution in [3.05, 3.63) is 11.8 Å². The van der Waals surface area contributed by atoms with E-state index >= 15 is 0 Å². The number of alkyl halides is 3. The van der Waals surface area contributed by atoms with Gasteiger partial charge in [-0.1, -0.05) is 27.2 Å². The Kier molecular flexibility index (Phi) is 6.23. The van der Waals surface area contributed by atoms with Crippen LogP contribution in [0.25, 0.3) is 0 Å². The molecule has 0 saturated heterocycles. The molecule has 0 fully saturated rings. The van der Waals surface area contributed by atoms with Gasteiger partial charge >= 0.3 is 6.18 Å². The van der Waals surface area contributed by atoms with Gasteiger partial charge in [0, 0.05) is 26.2 Å². The van der Waals surface area contributed by atoms with Crippen LogP contribution in [0.2, 0.25) is 0 Å². The van der Waals surface area contributed by atoms with E-state index in [0.717, 1.165) is 18.9 Å². The Morgan fingerprint density at radius 2 is 1.95 bits per heavy atom. The van der Waals surface area contributed by atoms with Crippen LogP contribution in [0.1, 0.15) is 39.3 Å². The van der Waals surface area contributed by atoms with Gasteiger partial charge in [0.05, 0.1) is 0 Å². The third-order valence-electron chi connectivity index (χ3n) is 3.21. The highest BCUT2D eigenvalue weighted by molar-refractivity contribution is 5.45. The van der Waals surface area contributed by atoms with Crippen LogP contribution in [-0.4, -0.2) is 30.1 Å². The van der Waals surface area contributed by atoms with E-state index in [-0.39, 0.29) is 11.8 Å². The smallest absolute Gasteiger partial charge is 0.359 e. The third kappa shape index (κ3) is 5.40. The zero-order valence-corrected chi connectivity index (χ0v) is 13.0. The molecule has 0 radical (unpaired) electrons. The summed E-state index contributed by atoms with van der Waals surface area (Å²) in [5, 5.41) is 2.82. The van der Waals surface area contributed by atoms with E-state index in [2.05, 4.69) is 22.2 Å². The molecule has 120 valence electrons. The maximum atomic E-state index is 12.9. The average molecular weight is 304 g/mol. The van der Waals surface area contributed by atoms with Crippen molar-refractivity contribution in [3.8, 4) is 0 Å². The maximum absolute atomic E-state index is 12.9. The van der Waals surface area contributed by atoms with Crippen molar-refractivity contribution in [2.24, 2.45) is 5.92 Å². The summed E-state index contributed by atoms with van der Waals surface area (Å²) < 4.78 is 38.8. The second-order valence-electron chi connectivity index (χ2n) is 5.25. The number of nitrogens with one attached hydrogen (secondary N) is 1. The number of halogens is 3. The molecule has 0 aliphatic carbocycles. The average Bonchev–Trinajstić information content (AvgIpc) is 2.43. The van der Waals surface area contributed by atoms with E-state index in [1.165, 1.54) is 0 Å². The van der Waals surface area contributed by atoms with E-state index in [0.29, 0.717) is 19.0 Å². The third-order valence-corrected chi connectivity index (χ3v) is 3.21. The van der Waals surface area contributed by atoms with E-state index in [1.54, 1.807) is 11.9 Å². The lowest BCUT2D eigenvalue weighted by Gasteiger charge is -2.23. The molecule has 0 saturated carbocycles. The van der Waals surface area contributed by atoms with Crippen LogP contribution in [0.3, 0.4) is 0 Å². The molecule has 0 aromatic carbocycles. The fourth-order valence-corrected chi connectivity index (χ4v) is 1.78. The lowest BCUT2D eigenvalue weighted by Crippen LogP contribution is -2.26. The minimum absolute atomic E-state index is 0.0256. The zero-order chi connectivity index (χ0) is 16.0. The van der Waals surface area contributed by atoms with Crippen LogP contribution in [0.15, 0.2) is 6.07 Å². The number of nitrogens with zero attached hydrogens (tertiary/aromatic N) is 3. The molecule has 0 bridgehead atoms. The minimum Gasteiger partial charge on any atom is -0.359 e. The Morgan fingerprint density at radius 1 is 1.29 bits per heavy atom. The van der Waals surface area contributed by atoms with Crippen molar-refractivity contribution >= 4 is 11.8 Å². The number of aromatic nitrogens is 2. The van der Waals surface area contributed by atoms with Gasteiger partial charge in [-0.25, -0.2) is 4.98 Å². The SMILES string of the molecule is CCCNc1nc(N(C)CC(C)CC)cc(C(F)(F)F)n1. The van der Waals surface area contributed by atoms with Crippen LogP contribution in [0.5, 0.6) is 0 Å². The highest BCUT2D eigenvalue weighted by Crippen LogP contribution is 2.30. The van der Waals surface area contributed by atoms with Crippen molar-refractivity contribution in [3.63, 3.8) is 0 Å². The van der Waals surface area contributed by atoms with Crippen molar-refractivity contribution in [2.45, 2.75) is 39.8 Å². The molecular formula is C14H23F3N4. The van der Waals surface area contributed by atoms with Gasteiger partial charge in [0.15, 0.2) is 5.69 Å². The topological polar surface area (TPSA) is 41.1 Å². The van der Waals surface area contributed by atoms with Crippen molar-refractivity contribution in [1.29, 1.82) is 0 Å². The quantitative estimate of drug-likeness (QED) is 0.832. The lowest BCUT2D eigenvalue weighted by molar-refractivity contribution is -0.141. The first kappa shape index (κ1) is 17.5. The predicted molar refractivity (Wildman–Crippen MR) is 78.5 cm³/mol. The molecule has 1 aromatic heterocycles. The van der Waals surface area contributed by atoms with E-state index < -0.39 is 11.9 Å². The van der Waals surface area contributed by atoms with Gasteiger partial charge in [-0.3, -0.25) is 0 Å². The molecule has 1 atom stereocenters. The van der Waals surface area contributed by atoms with Gasteiger partial charge in [-0.2, -0.15) is 18.2 Å². The molecule has 0 amide bonds. The van der Waals surface area contributed by atoms with Gasteiger partial charge in [-0.15, -0.1) is 0 Å². The lowest BCUT2D eigenvalue weighted by atomic mass is 10.1. The molecule has 0 spiro atoms. The molecule has 1 heterocycles. The van der Waals surface area contributed by atoms with E-state index in [1.807, 2.05) is 13.8 Å². The van der Waals surface area contributed by atoms with Crippen LogP contribution < -0.4 is 10.2 Å². The summed E-state index contributed by atoms with van der Waals surface area (Å²) in [5.74, 6) is 0.695. The summed E-state index contributed by atoms with van der Waals surface area (Å²) in [4.78, 5) is 9.46. The largest absolute Gasteiger partial charge is 0.433 e. The Hall–Kier alpha value is -1.53. The Labute approximate surface area is 123 Å². The molecule has 1 rings (SSSR count). The first-order chi connectivity index (χ1) is 9.77. The molecule has 21 heavy (non-hydrogen) atoms. The summed E-state index contributed by atoms with van der Waals surface area (Å²) >= 11 is 0. The normalized spacial score (nSPS) is 13.1. The van der Waals surface area contributed by atoms with Crippen molar-refractivity contribution < 1.29 is 13.2 Å². The second-order valence-corrected chi connectivity index (χ2v) is 5.25. The highest BCUT2D eigenvalue weighted by Gasteiger charge is 2.34. The fourth-order valence-electron chi connectivity index (χ4n) is 1.78. The molecule has 4 nitrogen and oxygen atoms in total. The second kappa shape index (κ2) is 7.47. The van der Waals surface area contributed by atoms with Crippen LogP contribution >= 0.6 is 0 Å². The first-order valence-corrected chi connectivity index (χ1v) is 7.19. The van der Waals surface area contributed by atoms with Gasteiger partial charge < -0.3 is 10.2 Å². The summed E-state index contributed by atoms with van der Waals surface area (Å²) in [7, 11) is 1.75. The molecule has 1 unspecified atom stereocenters. The molecule has 1 aromatic rings. The highest BCUT2D eigenvalue weighted by atomic mass is 19.4. The molecule has 7 heteroatoms. The van der Waals surface area contributed by atoms with Gasteiger partial charge in [0.25, 0.3) is 0 Å². The first-order valence-electron chi connectivity index (χ1n) is 7.19. The van der Waals surface area contributed by atoms with Crippen LogP contribution in [-0.2, 0) is 6.18 Å². The monoisotopic (exact) mass is 304 g/mol. The zero-order valence-electron chi connectivity index (χ0n) is 13.0. The number of hydrogen-bond acceptors (Lipinski definition) is 4. The van der Waals surface area contributed by atoms with Crippen LogP contribution in [0, 0.1) is 5.92 Å². The summed E-state index contributed by atoms with van der Waals surface area (Å²) in [6, 6.07) is 1.000. The molecular weight excluding hydrogens is 281 g/mol. The molecule has 0 aliphatic heterocycles. The Bertz CT molecular complexity index is 448. The number of hydrogen-bond donors (Lipinski definition) is 1. The fraction of sp³-hybridized carbons (Fsp3) is 0.714. The van der Waals surface area contributed by atoms with Gasteiger partial charge in [0.1, 0.15) is 5.82 Å². The summed E-state index contributed by atoms with van der Waals surface area (Å²) in [6.45, 7) is 7.22. The number of rotatable bonds is 7. The van der Waals surface area contributed by atoms with E-state index in [9.17, 15) is 13.2 Å².